The van der Waals surface area contributed by atoms with Crippen molar-refractivity contribution in [2.75, 3.05) is 0 Å². The Labute approximate surface area is 141 Å². The van der Waals surface area contributed by atoms with Crippen LogP contribution in [-0.2, 0) is 6.54 Å². The van der Waals surface area contributed by atoms with Crippen LogP contribution in [-0.4, -0.2) is 9.55 Å². The summed E-state index contributed by atoms with van der Waals surface area (Å²) in [5.41, 5.74) is 5.30. The van der Waals surface area contributed by atoms with E-state index in [4.69, 9.17) is 16.6 Å². The zero-order valence-corrected chi connectivity index (χ0v) is 14.2. The summed E-state index contributed by atoms with van der Waals surface area (Å²) in [6, 6.07) is 14.2. The van der Waals surface area contributed by atoms with Gasteiger partial charge in [-0.15, -0.1) is 0 Å². The van der Waals surface area contributed by atoms with Gasteiger partial charge in [-0.3, -0.25) is 0 Å². The predicted molar refractivity (Wildman–Crippen MR) is 94.4 cm³/mol. The molecule has 3 rings (SSSR count). The Hall–Kier alpha value is -2.31. The van der Waals surface area contributed by atoms with Gasteiger partial charge in [-0.2, -0.15) is 5.26 Å². The number of benzene rings is 2. The fourth-order valence-corrected chi connectivity index (χ4v) is 2.95. The first-order valence-electron chi connectivity index (χ1n) is 7.63. The summed E-state index contributed by atoms with van der Waals surface area (Å²) in [6.07, 6.45) is 0. The molecular weight excluding hydrogens is 306 g/mol. The van der Waals surface area contributed by atoms with E-state index in [0.29, 0.717) is 11.6 Å². The third-order valence-corrected chi connectivity index (χ3v) is 4.48. The molecule has 0 fully saturated rings. The SMILES string of the molecule is Cc1cc2nc(-c3ccccc3Cl)n(CC(C)C#N)c2cc1C. The van der Waals surface area contributed by atoms with Crippen molar-refractivity contribution in [1.82, 2.24) is 9.55 Å². The maximum atomic E-state index is 9.21. The molecule has 1 aromatic heterocycles. The molecule has 3 aromatic rings. The van der Waals surface area contributed by atoms with Gasteiger partial charge >= 0.3 is 0 Å². The molecule has 0 aliphatic rings. The minimum absolute atomic E-state index is 0.102. The molecule has 23 heavy (non-hydrogen) atoms. The lowest BCUT2D eigenvalue weighted by Gasteiger charge is -2.12. The van der Waals surface area contributed by atoms with Crippen LogP contribution in [0.15, 0.2) is 36.4 Å². The fourth-order valence-electron chi connectivity index (χ4n) is 2.73. The summed E-state index contributed by atoms with van der Waals surface area (Å²) in [7, 11) is 0. The molecule has 0 radical (unpaired) electrons. The van der Waals surface area contributed by atoms with E-state index in [1.165, 1.54) is 11.1 Å². The van der Waals surface area contributed by atoms with Gasteiger partial charge in [0.25, 0.3) is 0 Å². The first-order valence-corrected chi connectivity index (χ1v) is 8.01. The smallest absolute Gasteiger partial charge is 0.142 e. The molecule has 2 aromatic carbocycles. The first-order chi connectivity index (χ1) is 11.0. The molecule has 0 saturated heterocycles. The van der Waals surface area contributed by atoms with Gasteiger partial charge in [0.05, 0.1) is 28.0 Å². The van der Waals surface area contributed by atoms with Crippen molar-refractivity contribution in [3.05, 3.63) is 52.5 Å². The largest absolute Gasteiger partial charge is 0.323 e. The van der Waals surface area contributed by atoms with Gasteiger partial charge < -0.3 is 4.57 Å². The average molecular weight is 324 g/mol. The van der Waals surface area contributed by atoms with Gasteiger partial charge in [0.15, 0.2) is 0 Å². The van der Waals surface area contributed by atoms with Crippen molar-refractivity contribution >= 4 is 22.6 Å². The Morgan fingerprint density at radius 1 is 1.22 bits per heavy atom. The summed E-state index contributed by atoms with van der Waals surface area (Å²) in [4.78, 5) is 4.80. The maximum Gasteiger partial charge on any atom is 0.142 e. The maximum absolute atomic E-state index is 9.21. The normalized spacial score (nSPS) is 12.3. The number of hydrogen-bond donors (Lipinski definition) is 0. The van der Waals surface area contributed by atoms with E-state index < -0.39 is 0 Å². The van der Waals surface area contributed by atoms with E-state index >= 15 is 0 Å². The van der Waals surface area contributed by atoms with Gasteiger partial charge in [-0.05, 0) is 56.2 Å². The number of nitriles is 1. The Balaban J connectivity index is 2.30. The van der Waals surface area contributed by atoms with E-state index in [1.807, 2.05) is 31.2 Å². The first kappa shape index (κ1) is 15.6. The number of aryl methyl sites for hydroxylation is 2. The van der Waals surface area contributed by atoms with Crippen LogP contribution >= 0.6 is 11.6 Å². The highest BCUT2D eigenvalue weighted by Crippen LogP contribution is 2.31. The lowest BCUT2D eigenvalue weighted by atomic mass is 10.1. The van der Waals surface area contributed by atoms with Crippen molar-refractivity contribution in [2.45, 2.75) is 27.3 Å². The van der Waals surface area contributed by atoms with Crippen LogP contribution in [0.25, 0.3) is 22.4 Å². The van der Waals surface area contributed by atoms with Gasteiger partial charge in [-0.25, -0.2) is 4.98 Å². The zero-order valence-electron chi connectivity index (χ0n) is 13.5. The monoisotopic (exact) mass is 323 g/mol. The summed E-state index contributed by atoms with van der Waals surface area (Å²) < 4.78 is 2.11. The molecule has 0 N–H and O–H groups in total. The molecule has 1 heterocycles. The Morgan fingerprint density at radius 2 is 1.91 bits per heavy atom. The molecule has 4 heteroatoms. The van der Waals surface area contributed by atoms with Gasteiger partial charge in [0, 0.05) is 12.1 Å². The number of aromatic nitrogens is 2. The van der Waals surface area contributed by atoms with E-state index in [2.05, 4.69) is 36.6 Å². The molecule has 0 aliphatic carbocycles. The van der Waals surface area contributed by atoms with Crippen molar-refractivity contribution in [3.63, 3.8) is 0 Å². The summed E-state index contributed by atoms with van der Waals surface area (Å²) in [6.45, 7) is 6.69. The number of fused-ring (bicyclic) bond motifs is 1. The van der Waals surface area contributed by atoms with Crippen molar-refractivity contribution in [3.8, 4) is 17.5 Å². The quantitative estimate of drug-likeness (QED) is 0.670. The average Bonchev–Trinajstić information content (AvgIpc) is 2.86. The fraction of sp³-hybridized carbons (Fsp3) is 0.263. The predicted octanol–water partition coefficient (Wildman–Crippen LogP) is 5.13. The molecule has 116 valence electrons. The van der Waals surface area contributed by atoms with Crippen molar-refractivity contribution in [1.29, 1.82) is 5.26 Å². The minimum atomic E-state index is -0.102. The van der Waals surface area contributed by atoms with Crippen LogP contribution in [0, 0.1) is 31.1 Å². The molecule has 1 atom stereocenters. The second-order valence-corrected chi connectivity index (χ2v) is 6.39. The van der Waals surface area contributed by atoms with Gasteiger partial charge in [0.1, 0.15) is 5.82 Å². The molecular formula is C19H18ClN3. The Morgan fingerprint density at radius 3 is 2.61 bits per heavy atom. The van der Waals surface area contributed by atoms with Crippen molar-refractivity contribution < 1.29 is 0 Å². The zero-order chi connectivity index (χ0) is 16.6. The third-order valence-electron chi connectivity index (χ3n) is 4.16. The second-order valence-electron chi connectivity index (χ2n) is 5.98. The molecule has 0 saturated carbocycles. The topological polar surface area (TPSA) is 41.6 Å². The van der Waals surface area contributed by atoms with E-state index in [0.717, 1.165) is 22.4 Å². The van der Waals surface area contributed by atoms with Gasteiger partial charge in [0.2, 0.25) is 0 Å². The van der Waals surface area contributed by atoms with E-state index in [1.54, 1.807) is 0 Å². The standard InChI is InChI=1S/C19H18ClN3/c1-12(10-21)11-23-18-9-14(3)13(2)8-17(18)22-19(23)15-6-4-5-7-16(15)20/h4-9,12H,11H2,1-3H3. The molecule has 0 bridgehead atoms. The highest BCUT2D eigenvalue weighted by Gasteiger charge is 2.17. The molecule has 0 spiro atoms. The lowest BCUT2D eigenvalue weighted by molar-refractivity contribution is 0.597. The Kier molecular flexibility index (Phi) is 4.11. The van der Waals surface area contributed by atoms with Crippen LogP contribution in [0.5, 0.6) is 0 Å². The number of halogens is 1. The lowest BCUT2D eigenvalue weighted by Crippen LogP contribution is -2.07. The number of rotatable bonds is 3. The minimum Gasteiger partial charge on any atom is -0.323 e. The van der Waals surface area contributed by atoms with Crippen LogP contribution in [0.4, 0.5) is 0 Å². The second kappa shape index (κ2) is 6.06. The summed E-state index contributed by atoms with van der Waals surface area (Å²) >= 11 is 6.37. The number of imidazole rings is 1. The van der Waals surface area contributed by atoms with Crippen LogP contribution in [0.3, 0.4) is 0 Å². The third kappa shape index (κ3) is 2.83. The van der Waals surface area contributed by atoms with Crippen molar-refractivity contribution in [2.24, 2.45) is 5.92 Å². The highest BCUT2D eigenvalue weighted by atomic mass is 35.5. The number of hydrogen-bond acceptors (Lipinski definition) is 2. The molecule has 0 amide bonds. The summed E-state index contributed by atoms with van der Waals surface area (Å²) in [5.74, 6) is 0.716. The van der Waals surface area contributed by atoms with Crippen LogP contribution < -0.4 is 0 Å². The highest BCUT2D eigenvalue weighted by molar-refractivity contribution is 6.33. The number of nitrogens with zero attached hydrogens (tertiary/aromatic N) is 3. The van der Waals surface area contributed by atoms with Crippen LogP contribution in [0.1, 0.15) is 18.1 Å². The van der Waals surface area contributed by atoms with E-state index in [9.17, 15) is 5.26 Å². The van der Waals surface area contributed by atoms with E-state index in [-0.39, 0.29) is 5.92 Å². The Bertz CT molecular complexity index is 918. The van der Waals surface area contributed by atoms with Gasteiger partial charge in [-0.1, -0.05) is 23.7 Å². The molecule has 3 nitrogen and oxygen atoms in total. The molecule has 0 aliphatic heterocycles. The summed E-state index contributed by atoms with van der Waals surface area (Å²) in [5, 5.41) is 9.88. The molecule has 1 unspecified atom stereocenters. The van der Waals surface area contributed by atoms with Crippen LogP contribution in [0.2, 0.25) is 5.02 Å².